The second kappa shape index (κ2) is 3.71. The maximum absolute atomic E-state index is 10.9. The molecular formula is C9H6BrN3O. The molecule has 0 atom stereocenters. The molecule has 1 aromatic carbocycles. The minimum Gasteiger partial charge on any atom is -0.711 e. The molecular weight excluding hydrogens is 246 g/mol. The van der Waals surface area contributed by atoms with Crippen LogP contribution >= 0.6 is 15.9 Å². The van der Waals surface area contributed by atoms with Gasteiger partial charge in [-0.3, -0.25) is 0 Å². The van der Waals surface area contributed by atoms with Crippen LogP contribution in [0, 0.1) is 5.21 Å². The first kappa shape index (κ1) is 9.08. The van der Waals surface area contributed by atoms with Gasteiger partial charge < -0.3 is 5.21 Å². The lowest BCUT2D eigenvalue weighted by Gasteiger charge is -2.00. The molecule has 5 heteroatoms. The number of nitrogens with zero attached hydrogens (tertiary/aromatic N) is 3. The van der Waals surface area contributed by atoms with Gasteiger partial charge >= 0.3 is 6.33 Å². The summed E-state index contributed by atoms with van der Waals surface area (Å²) in [5.74, 6) is 0. The van der Waals surface area contributed by atoms with Crippen LogP contribution in [0.4, 0.5) is 0 Å². The predicted octanol–water partition coefficient (Wildman–Crippen LogP) is 1.54. The topological polar surface area (TPSA) is 52.7 Å². The molecule has 0 amide bonds. The van der Waals surface area contributed by atoms with Gasteiger partial charge in [0.25, 0.3) is 0 Å². The summed E-state index contributed by atoms with van der Waals surface area (Å²) in [6.45, 7) is 0. The number of halogens is 1. The number of hydrogen-bond donors (Lipinski definition) is 0. The first-order chi connectivity index (χ1) is 6.75. The van der Waals surface area contributed by atoms with Gasteiger partial charge in [0.05, 0.1) is 5.10 Å². The molecule has 70 valence electrons. The highest BCUT2D eigenvalue weighted by atomic mass is 79.9. The monoisotopic (exact) mass is 251 g/mol. The van der Waals surface area contributed by atoms with Crippen LogP contribution in [0.5, 0.6) is 0 Å². The highest BCUT2D eigenvalue weighted by Gasteiger charge is 2.02. The molecule has 0 unspecified atom stereocenters. The number of benzene rings is 1. The van der Waals surface area contributed by atoms with E-state index in [0.29, 0.717) is 10.4 Å². The minimum absolute atomic E-state index is 0.565. The Morgan fingerprint density at radius 2 is 1.93 bits per heavy atom. The van der Waals surface area contributed by atoms with Crippen LogP contribution in [-0.4, -0.2) is 10.2 Å². The van der Waals surface area contributed by atoms with Crippen LogP contribution in [0.25, 0.3) is 11.3 Å². The minimum atomic E-state index is 0.565. The quantitative estimate of drug-likeness (QED) is 0.571. The molecule has 0 aliphatic rings. The average Bonchev–Trinajstić information content (AvgIpc) is 2.19. The summed E-state index contributed by atoms with van der Waals surface area (Å²) in [5.41, 5.74) is 1.43. The molecule has 0 N–H and O–H groups in total. The first-order valence-electron chi connectivity index (χ1n) is 3.93. The van der Waals surface area contributed by atoms with E-state index in [1.54, 1.807) is 0 Å². The van der Waals surface area contributed by atoms with Gasteiger partial charge in [0.15, 0.2) is 5.69 Å². The molecule has 1 heterocycles. The normalized spacial score (nSPS) is 10.1. The van der Waals surface area contributed by atoms with Gasteiger partial charge in [-0.1, -0.05) is 28.1 Å². The number of aromatic nitrogens is 3. The molecule has 1 aromatic heterocycles. The Morgan fingerprint density at radius 1 is 1.21 bits per heavy atom. The SMILES string of the molecule is [O-][n+]1cnnc(-c2ccc(Br)cc2)c1. The second-order valence-corrected chi connectivity index (χ2v) is 3.63. The van der Waals surface area contributed by atoms with E-state index in [4.69, 9.17) is 0 Å². The standard InChI is InChI=1S/C9H6BrN3O/c10-8-3-1-7(2-4-8)9-5-13(14)6-11-12-9/h1-6H. The Morgan fingerprint density at radius 3 is 2.57 bits per heavy atom. The maximum atomic E-state index is 10.9. The molecule has 0 bridgehead atoms. The van der Waals surface area contributed by atoms with Crippen LogP contribution in [0.1, 0.15) is 0 Å². The third-order valence-corrected chi connectivity index (χ3v) is 2.25. The molecule has 0 fully saturated rings. The van der Waals surface area contributed by atoms with E-state index in [9.17, 15) is 5.21 Å². The van der Waals surface area contributed by atoms with Crippen LogP contribution in [0.2, 0.25) is 0 Å². The van der Waals surface area contributed by atoms with Gasteiger partial charge in [0.1, 0.15) is 6.20 Å². The molecule has 0 saturated heterocycles. The van der Waals surface area contributed by atoms with Gasteiger partial charge in [-0.2, -0.15) is 0 Å². The Hall–Kier alpha value is -1.49. The first-order valence-corrected chi connectivity index (χ1v) is 4.72. The van der Waals surface area contributed by atoms with E-state index in [0.717, 1.165) is 16.4 Å². The summed E-state index contributed by atoms with van der Waals surface area (Å²) < 4.78 is 1.62. The zero-order valence-electron chi connectivity index (χ0n) is 7.09. The zero-order valence-corrected chi connectivity index (χ0v) is 8.68. The number of rotatable bonds is 1. The number of hydrogen-bond acceptors (Lipinski definition) is 3. The summed E-state index contributed by atoms with van der Waals surface area (Å²) in [5, 5.41) is 18.4. The molecule has 0 spiro atoms. The summed E-state index contributed by atoms with van der Waals surface area (Å²) in [6, 6.07) is 7.51. The fourth-order valence-electron chi connectivity index (χ4n) is 1.07. The molecule has 14 heavy (non-hydrogen) atoms. The third kappa shape index (κ3) is 1.88. The predicted molar refractivity (Wildman–Crippen MR) is 54.1 cm³/mol. The van der Waals surface area contributed by atoms with E-state index in [-0.39, 0.29) is 0 Å². The molecule has 0 aliphatic carbocycles. The van der Waals surface area contributed by atoms with Crippen molar-refractivity contribution in [1.29, 1.82) is 0 Å². The van der Waals surface area contributed by atoms with Crippen molar-refractivity contribution in [1.82, 2.24) is 10.2 Å². The lowest BCUT2D eigenvalue weighted by atomic mass is 10.2. The lowest BCUT2D eigenvalue weighted by molar-refractivity contribution is -0.609. The average molecular weight is 252 g/mol. The fourth-order valence-corrected chi connectivity index (χ4v) is 1.34. The van der Waals surface area contributed by atoms with Crippen LogP contribution in [-0.2, 0) is 0 Å². The highest BCUT2D eigenvalue weighted by molar-refractivity contribution is 9.10. The van der Waals surface area contributed by atoms with E-state index < -0.39 is 0 Å². The molecule has 0 aliphatic heterocycles. The van der Waals surface area contributed by atoms with Gasteiger partial charge in [-0.25, -0.2) is 4.73 Å². The Bertz CT molecular complexity index is 444. The summed E-state index contributed by atoms with van der Waals surface area (Å²) in [4.78, 5) is 0. The van der Waals surface area contributed by atoms with Crippen molar-refractivity contribution in [2.24, 2.45) is 0 Å². The molecule has 0 saturated carbocycles. The van der Waals surface area contributed by atoms with E-state index in [1.807, 2.05) is 24.3 Å². The second-order valence-electron chi connectivity index (χ2n) is 2.71. The van der Waals surface area contributed by atoms with Crippen LogP contribution in [0.15, 0.2) is 41.3 Å². The highest BCUT2D eigenvalue weighted by Crippen LogP contribution is 2.17. The smallest absolute Gasteiger partial charge is 0.317 e. The van der Waals surface area contributed by atoms with Crippen LogP contribution in [0.3, 0.4) is 0 Å². The summed E-state index contributed by atoms with van der Waals surface area (Å²) in [7, 11) is 0. The van der Waals surface area contributed by atoms with Gasteiger partial charge in [0.2, 0.25) is 0 Å². The van der Waals surface area contributed by atoms with Crippen LogP contribution < -0.4 is 4.73 Å². The van der Waals surface area contributed by atoms with Crippen molar-refractivity contribution >= 4 is 15.9 Å². The third-order valence-electron chi connectivity index (χ3n) is 1.72. The fraction of sp³-hybridized carbons (Fsp3) is 0. The largest absolute Gasteiger partial charge is 0.711 e. The molecule has 4 nitrogen and oxygen atoms in total. The summed E-state index contributed by atoms with van der Waals surface area (Å²) >= 11 is 3.33. The maximum Gasteiger partial charge on any atom is 0.317 e. The van der Waals surface area contributed by atoms with Crippen molar-refractivity contribution in [3.05, 3.63) is 46.5 Å². The molecule has 2 rings (SSSR count). The zero-order chi connectivity index (χ0) is 9.97. The van der Waals surface area contributed by atoms with E-state index in [1.165, 1.54) is 6.20 Å². The Balaban J connectivity index is 2.44. The van der Waals surface area contributed by atoms with Crippen molar-refractivity contribution in [2.75, 3.05) is 0 Å². The lowest BCUT2D eigenvalue weighted by Crippen LogP contribution is -2.26. The van der Waals surface area contributed by atoms with Crippen molar-refractivity contribution in [2.45, 2.75) is 0 Å². The Kier molecular flexibility index (Phi) is 2.41. The van der Waals surface area contributed by atoms with E-state index in [2.05, 4.69) is 26.1 Å². The van der Waals surface area contributed by atoms with Gasteiger partial charge in [-0.05, 0) is 17.2 Å². The van der Waals surface area contributed by atoms with Gasteiger partial charge in [0, 0.05) is 10.0 Å². The van der Waals surface area contributed by atoms with Gasteiger partial charge in [-0.15, -0.1) is 0 Å². The van der Waals surface area contributed by atoms with Crippen molar-refractivity contribution < 1.29 is 4.73 Å². The van der Waals surface area contributed by atoms with E-state index >= 15 is 0 Å². The Labute approximate surface area is 88.9 Å². The molecule has 2 aromatic rings. The summed E-state index contributed by atoms with van der Waals surface area (Å²) in [6.07, 6.45) is 2.50. The van der Waals surface area contributed by atoms with Crippen molar-refractivity contribution in [3.8, 4) is 11.3 Å². The van der Waals surface area contributed by atoms with Crippen molar-refractivity contribution in [3.63, 3.8) is 0 Å². The molecule has 0 radical (unpaired) electrons.